The number of nitrogens with one attached hydrogen (secondary N) is 3. The van der Waals surface area contributed by atoms with Gasteiger partial charge in [-0.2, -0.15) is 0 Å². The third-order valence-electron chi connectivity index (χ3n) is 3.55. The second-order valence-electron chi connectivity index (χ2n) is 5.17. The highest BCUT2D eigenvalue weighted by Gasteiger charge is 2.22. The molecule has 2 rings (SSSR count). The van der Waals surface area contributed by atoms with Crippen molar-refractivity contribution in [2.75, 3.05) is 32.0 Å². The summed E-state index contributed by atoms with van der Waals surface area (Å²) in [4.78, 5) is 24.8. The van der Waals surface area contributed by atoms with Crippen LogP contribution in [0, 0.1) is 0 Å². The normalized spacial score (nSPS) is 18.2. The van der Waals surface area contributed by atoms with E-state index >= 15 is 0 Å². The first-order chi connectivity index (χ1) is 10.2. The molecule has 6 heteroatoms. The zero-order valence-corrected chi connectivity index (χ0v) is 12.3. The molecule has 0 aromatic heterocycles. The first kappa shape index (κ1) is 15.3. The first-order valence-electron chi connectivity index (χ1n) is 7.23. The van der Waals surface area contributed by atoms with Gasteiger partial charge in [-0.05, 0) is 18.6 Å². The van der Waals surface area contributed by atoms with E-state index in [1.165, 1.54) is 7.05 Å². The number of urea groups is 1. The molecule has 1 atom stereocenters. The molecular weight excluding hydrogens is 268 g/mol. The van der Waals surface area contributed by atoms with Gasteiger partial charge in [0, 0.05) is 44.8 Å². The van der Waals surface area contributed by atoms with Gasteiger partial charge in [-0.3, -0.25) is 10.1 Å². The highest BCUT2D eigenvalue weighted by atomic mass is 16.2. The van der Waals surface area contributed by atoms with Crippen LogP contribution in [-0.2, 0) is 4.79 Å². The van der Waals surface area contributed by atoms with Crippen LogP contribution in [0.25, 0.3) is 0 Å². The van der Waals surface area contributed by atoms with Gasteiger partial charge in [0.2, 0.25) is 5.91 Å². The van der Waals surface area contributed by atoms with E-state index in [0.717, 1.165) is 25.2 Å². The molecule has 3 amide bonds. The predicted octanol–water partition coefficient (Wildman–Crippen LogP) is 1.02. The van der Waals surface area contributed by atoms with Crippen molar-refractivity contribution in [3.63, 3.8) is 0 Å². The van der Waals surface area contributed by atoms with Crippen molar-refractivity contribution >= 4 is 17.6 Å². The minimum absolute atomic E-state index is 0.242. The smallest absolute Gasteiger partial charge is 0.321 e. The van der Waals surface area contributed by atoms with Crippen molar-refractivity contribution in [2.45, 2.75) is 18.9 Å². The number of likely N-dealkylation sites (tertiary alicyclic amines) is 1. The lowest BCUT2D eigenvalue weighted by atomic mass is 10.2. The van der Waals surface area contributed by atoms with E-state index in [2.05, 4.69) is 33.0 Å². The van der Waals surface area contributed by atoms with Crippen LogP contribution >= 0.6 is 0 Å². The molecule has 0 radical (unpaired) electrons. The van der Waals surface area contributed by atoms with E-state index in [1.807, 2.05) is 18.2 Å². The Morgan fingerprint density at radius 2 is 2.05 bits per heavy atom. The molecule has 1 heterocycles. The quantitative estimate of drug-likeness (QED) is 0.757. The zero-order chi connectivity index (χ0) is 15.1. The highest BCUT2D eigenvalue weighted by molar-refractivity contribution is 5.94. The third-order valence-corrected chi connectivity index (χ3v) is 3.55. The molecule has 0 spiro atoms. The van der Waals surface area contributed by atoms with Crippen LogP contribution in [0.1, 0.15) is 12.8 Å². The van der Waals surface area contributed by atoms with E-state index < -0.39 is 6.03 Å². The van der Waals surface area contributed by atoms with E-state index in [4.69, 9.17) is 0 Å². The number of anilines is 1. The number of benzene rings is 1. The minimum Gasteiger partial charge on any atom is -0.381 e. The Labute approximate surface area is 124 Å². The van der Waals surface area contributed by atoms with Gasteiger partial charge in [0.05, 0.1) is 0 Å². The Kier molecular flexibility index (Phi) is 5.57. The van der Waals surface area contributed by atoms with Crippen molar-refractivity contribution in [3.05, 3.63) is 30.3 Å². The van der Waals surface area contributed by atoms with Crippen molar-refractivity contribution in [1.82, 2.24) is 15.5 Å². The van der Waals surface area contributed by atoms with Crippen LogP contribution in [0.3, 0.4) is 0 Å². The molecule has 1 aromatic carbocycles. The number of imide groups is 1. The monoisotopic (exact) mass is 290 g/mol. The number of hydrogen-bond acceptors (Lipinski definition) is 4. The third kappa shape index (κ3) is 5.07. The number of carbonyl (C=O) groups excluding carboxylic acids is 2. The first-order valence-corrected chi connectivity index (χ1v) is 7.23. The fourth-order valence-electron chi connectivity index (χ4n) is 2.43. The zero-order valence-electron chi connectivity index (χ0n) is 12.3. The maximum absolute atomic E-state index is 11.5. The van der Waals surface area contributed by atoms with Crippen molar-refractivity contribution in [1.29, 1.82) is 0 Å². The highest BCUT2D eigenvalue weighted by Crippen LogP contribution is 2.15. The Hall–Kier alpha value is -2.08. The van der Waals surface area contributed by atoms with Crippen molar-refractivity contribution in [2.24, 2.45) is 0 Å². The number of carbonyl (C=O) groups is 2. The maximum Gasteiger partial charge on any atom is 0.321 e. The average Bonchev–Trinajstić information content (AvgIpc) is 2.93. The number of para-hydroxylation sites is 1. The van der Waals surface area contributed by atoms with Gasteiger partial charge < -0.3 is 15.5 Å². The van der Waals surface area contributed by atoms with Gasteiger partial charge in [0.25, 0.3) is 0 Å². The number of nitrogens with zero attached hydrogens (tertiary/aromatic N) is 1. The van der Waals surface area contributed by atoms with Gasteiger partial charge in [-0.1, -0.05) is 18.2 Å². The second-order valence-corrected chi connectivity index (χ2v) is 5.17. The molecule has 21 heavy (non-hydrogen) atoms. The van der Waals surface area contributed by atoms with Crippen molar-refractivity contribution in [3.8, 4) is 0 Å². The Bertz CT molecular complexity index is 478. The number of amides is 3. The van der Waals surface area contributed by atoms with Crippen LogP contribution in [0.15, 0.2) is 30.3 Å². The van der Waals surface area contributed by atoms with Crippen LogP contribution < -0.4 is 16.0 Å². The molecule has 1 saturated heterocycles. The average molecular weight is 290 g/mol. The van der Waals surface area contributed by atoms with Crippen LogP contribution in [-0.4, -0.2) is 49.6 Å². The fraction of sp³-hybridized carbons (Fsp3) is 0.467. The molecule has 0 aliphatic carbocycles. The van der Waals surface area contributed by atoms with Crippen LogP contribution in [0.5, 0.6) is 0 Å². The minimum atomic E-state index is -0.454. The summed E-state index contributed by atoms with van der Waals surface area (Å²) in [5.41, 5.74) is 1.13. The Balaban J connectivity index is 1.68. The molecule has 0 bridgehead atoms. The summed E-state index contributed by atoms with van der Waals surface area (Å²) in [5.74, 6) is -0.242. The Morgan fingerprint density at radius 1 is 1.29 bits per heavy atom. The summed E-state index contributed by atoms with van der Waals surface area (Å²) in [7, 11) is 1.49. The molecule has 6 nitrogen and oxygen atoms in total. The largest absolute Gasteiger partial charge is 0.381 e. The van der Waals surface area contributed by atoms with Crippen LogP contribution in [0.2, 0.25) is 0 Å². The fourth-order valence-corrected chi connectivity index (χ4v) is 2.43. The predicted molar refractivity (Wildman–Crippen MR) is 82.1 cm³/mol. The van der Waals surface area contributed by atoms with Gasteiger partial charge in [-0.15, -0.1) is 0 Å². The van der Waals surface area contributed by atoms with E-state index in [0.29, 0.717) is 19.0 Å². The van der Waals surface area contributed by atoms with E-state index in [1.54, 1.807) is 0 Å². The van der Waals surface area contributed by atoms with Crippen molar-refractivity contribution < 1.29 is 9.59 Å². The SMILES string of the molecule is CNC(=O)NC(=O)CCN1CCC(Nc2ccccc2)C1. The van der Waals surface area contributed by atoms with Gasteiger partial charge in [-0.25, -0.2) is 4.79 Å². The molecule has 1 fully saturated rings. The molecule has 1 aromatic rings. The summed E-state index contributed by atoms with van der Waals surface area (Å²) < 4.78 is 0. The van der Waals surface area contributed by atoms with Gasteiger partial charge >= 0.3 is 6.03 Å². The lowest BCUT2D eigenvalue weighted by molar-refractivity contribution is -0.120. The molecule has 3 N–H and O–H groups in total. The summed E-state index contributed by atoms with van der Waals surface area (Å²) in [6.07, 6.45) is 1.40. The molecule has 0 saturated carbocycles. The standard InChI is InChI=1S/C15H22N4O2/c1-16-15(21)18-14(20)8-10-19-9-7-13(11-19)17-12-5-3-2-4-6-12/h2-6,13,17H,7-11H2,1H3,(H2,16,18,20,21). The van der Waals surface area contributed by atoms with E-state index in [9.17, 15) is 9.59 Å². The second kappa shape index (κ2) is 7.64. The molecule has 1 aliphatic heterocycles. The summed E-state index contributed by atoms with van der Waals surface area (Å²) in [6.45, 7) is 2.57. The summed E-state index contributed by atoms with van der Waals surface area (Å²) in [6, 6.07) is 10.1. The van der Waals surface area contributed by atoms with Crippen LogP contribution in [0.4, 0.5) is 10.5 Å². The molecule has 1 aliphatic rings. The summed E-state index contributed by atoms with van der Waals surface area (Å²) in [5, 5.41) is 8.13. The van der Waals surface area contributed by atoms with Gasteiger partial charge in [0.15, 0.2) is 0 Å². The number of hydrogen-bond donors (Lipinski definition) is 3. The molecule has 1 unspecified atom stereocenters. The lowest BCUT2D eigenvalue weighted by Crippen LogP contribution is -2.39. The maximum atomic E-state index is 11.5. The molecule has 114 valence electrons. The lowest BCUT2D eigenvalue weighted by Gasteiger charge is -2.17. The van der Waals surface area contributed by atoms with Gasteiger partial charge in [0.1, 0.15) is 0 Å². The molecular formula is C15H22N4O2. The topological polar surface area (TPSA) is 73.5 Å². The number of rotatable bonds is 5. The summed E-state index contributed by atoms with van der Waals surface area (Å²) >= 11 is 0. The Morgan fingerprint density at radius 3 is 2.76 bits per heavy atom. The van der Waals surface area contributed by atoms with E-state index in [-0.39, 0.29) is 5.91 Å².